The highest BCUT2D eigenvalue weighted by molar-refractivity contribution is 9.10. The van der Waals surface area contributed by atoms with Crippen LogP contribution in [-0.2, 0) is 49.3 Å². The standard InChI is InChI=1S/C14H10N2O.C11H7F3N2O.2C11H8N2O3.C11H10N2O.2C10H7BrN2O.C10H8N2O.C5H6N2O/c15-10-16-14(17)8-6-11-5-7-12-3-1-2-4-13(12)9-11;12-11(13,14)9-3-1-2-8(6-9)4-5-10(17)16-7-15;12-6-13-11(14)4-2-8-1-3-9-10(5-8)16-7-15-9;12-6-13-10(14)5-4-8-2-1-3-9-11(8)16-7-15-9;1-9(7-11(14)13-8-12)10-5-3-2-4-6-10;11-9-4-1-8(2-5-9)3-6-10(14)13-7-12;11-9-4-2-1-3-8(9)5-6-10(14)13-7-12;11-8-12-10(13)7-6-9-4-2-1-3-5-9;1-2-3-5(8)7-4-6/h1-9H,(H,16,17);1-6H,(H,16,17);2*1-5H,7H2,(H,13,14);2-7H,1H3,(H,13,14);2*1-6H,(H,13,14);1-7H,(H,12,13);2-3H,1H3,(H,7,8)/b8-6-;5-4-;4-2-;5-4-;9-7-;6-3-;6-5-;7-6-;3-2-. The van der Waals surface area contributed by atoms with E-state index in [1.807, 2.05) is 206 Å². The largest absolute Gasteiger partial charge is 0.454 e. The second-order valence-electron chi connectivity index (χ2n) is 23.8. The minimum absolute atomic E-state index is 0.185. The van der Waals surface area contributed by atoms with Crippen LogP contribution in [0.25, 0.3) is 58.9 Å². The summed E-state index contributed by atoms with van der Waals surface area (Å²) in [6.07, 6.45) is 33.4. The molecule has 9 N–H and O–H groups in total. The van der Waals surface area contributed by atoms with E-state index >= 15 is 0 Å². The van der Waals surface area contributed by atoms with Crippen LogP contribution in [0.5, 0.6) is 23.0 Å². The van der Waals surface area contributed by atoms with Crippen LogP contribution in [0.1, 0.15) is 63.9 Å². The van der Waals surface area contributed by atoms with Gasteiger partial charge in [-0.3, -0.25) is 91.0 Å². The first-order valence-electron chi connectivity index (χ1n) is 36.5. The Balaban J connectivity index is 0.000000376. The van der Waals surface area contributed by atoms with Gasteiger partial charge in [0.25, 0.3) is 53.2 Å². The summed E-state index contributed by atoms with van der Waals surface area (Å²) in [5, 5.41) is 93.4. The molecule has 129 heavy (non-hydrogen) atoms. The Morgan fingerprint density at radius 1 is 0.333 bits per heavy atom. The molecule has 0 saturated heterocycles. The van der Waals surface area contributed by atoms with Gasteiger partial charge in [0.1, 0.15) is 0 Å². The number of carbonyl (C=O) groups is 9. The normalized spacial score (nSPS) is 10.6. The maximum absolute atomic E-state index is 12.3. The fraction of sp³-hybridized carbons (Fsp3) is 0.0538. The van der Waals surface area contributed by atoms with Crippen LogP contribution in [0.4, 0.5) is 13.2 Å². The topological polar surface area (TPSA) is 513 Å². The van der Waals surface area contributed by atoms with Gasteiger partial charge in [0, 0.05) is 63.1 Å². The number of para-hydroxylation sites is 1. The van der Waals surface area contributed by atoms with Crippen molar-refractivity contribution < 1.29 is 75.3 Å². The van der Waals surface area contributed by atoms with Crippen molar-refractivity contribution in [3.05, 3.63) is 332 Å². The van der Waals surface area contributed by atoms with E-state index in [2.05, 4.69) is 31.9 Å². The van der Waals surface area contributed by atoms with E-state index in [9.17, 15) is 56.3 Å². The fourth-order valence-corrected chi connectivity index (χ4v) is 9.85. The van der Waals surface area contributed by atoms with E-state index in [0.29, 0.717) is 23.0 Å². The van der Waals surface area contributed by atoms with Gasteiger partial charge in [-0.05, 0) is 172 Å². The van der Waals surface area contributed by atoms with Gasteiger partial charge in [0.05, 0.1) is 5.56 Å². The van der Waals surface area contributed by atoms with Crippen molar-refractivity contribution >= 4 is 144 Å². The third-order valence-electron chi connectivity index (χ3n) is 14.9. The number of allylic oxidation sites excluding steroid dienone is 2. The smallest absolute Gasteiger partial charge is 0.416 e. The molecule has 0 atom stereocenters. The lowest BCUT2D eigenvalue weighted by Crippen LogP contribution is -2.14. The zero-order chi connectivity index (χ0) is 94.8. The molecule has 36 heteroatoms. The first kappa shape index (κ1) is 105. The Labute approximate surface area is 754 Å². The second-order valence-corrected chi connectivity index (χ2v) is 25.6. The molecule has 0 radical (unpaired) electrons. The third-order valence-corrected chi connectivity index (χ3v) is 16.1. The van der Waals surface area contributed by atoms with Crippen LogP contribution in [-0.4, -0.2) is 66.8 Å². The van der Waals surface area contributed by atoms with Crippen molar-refractivity contribution in [1.82, 2.24) is 47.9 Å². The van der Waals surface area contributed by atoms with Crippen molar-refractivity contribution in [3.8, 4) is 78.7 Å². The van der Waals surface area contributed by atoms with Gasteiger partial charge < -0.3 is 18.9 Å². The molecule has 11 rings (SSSR count). The molecule has 2 heterocycles. The monoisotopic (exact) mass is 1860 g/mol. The summed E-state index contributed by atoms with van der Waals surface area (Å²) in [5.41, 5.74) is 6.43. The number of benzene rings is 9. The van der Waals surface area contributed by atoms with E-state index in [1.54, 1.807) is 129 Å². The summed E-state index contributed by atoms with van der Waals surface area (Å²) in [5.74, 6) is -1.45. The summed E-state index contributed by atoms with van der Waals surface area (Å²) in [7, 11) is 0. The van der Waals surface area contributed by atoms with Crippen LogP contribution < -0.4 is 66.8 Å². The molecule has 0 spiro atoms. The summed E-state index contributed by atoms with van der Waals surface area (Å²) >= 11 is 6.64. The lowest BCUT2D eigenvalue weighted by atomic mass is 10.1. The quantitative estimate of drug-likeness (QED) is 0.0232. The number of hydrogen-bond donors (Lipinski definition) is 9. The number of nitriles is 9. The van der Waals surface area contributed by atoms with Crippen molar-refractivity contribution in [2.75, 3.05) is 13.6 Å². The van der Waals surface area contributed by atoms with E-state index in [0.717, 1.165) is 82.4 Å². The number of nitrogens with one attached hydrogen (secondary N) is 9. The zero-order valence-corrected chi connectivity index (χ0v) is 70.8. The number of nitrogens with zero attached hydrogens (tertiary/aromatic N) is 9. The molecule has 2 aliphatic heterocycles. The molecule has 0 unspecified atom stereocenters. The van der Waals surface area contributed by atoms with Gasteiger partial charge in [-0.25, -0.2) is 0 Å². The molecule has 646 valence electrons. The highest BCUT2D eigenvalue weighted by Crippen LogP contribution is 2.36. The lowest BCUT2D eigenvalue weighted by Gasteiger charge is -2.06. The van der Waals surface area contributed by atoms with Crippen LogP contribution in [0, 0.1) is 103 Å². The predicted octanol–water partition coefficient (Wildman–Crippen LogP) is 14.1. The highest BCUT2D eigenvalue weighted by atomic mass is 79.9. The number of amides is 9. The summed E-state index contributed by atoms with van der Waals surface area (Å²) < 4.78 is 59.7. The third kappa shape index (κ3) is 45.6. The molecular weight excluding hydrogens is 1790 g/mol. The van der Waals surface area contributed by atoms with Crippen LogP contribution in [0.2, 0.25) is 0 Å². The second kappa shape index (κ2) is 61.7. The number of carbonyl (C=O) groups excluding carboxylic acids is 9. The van der Waals surface area contributed by atoms with E-state index < -0.39 is 59.0 Å². The number of ether oxygens (including phenoxy) is 4. The van der Waals surface area contributed by atoms with Crippen molar-refractivity contribution in [1.29, 1.82) is 47.4 Å². The van der Waals surface area contributed by atoms with Gasteiger partial charge in [-0.2, -0.15) is 60.5 Å². The predicted molar refractivity (Wildman–Crippen MR) is 477 cm³/mol. The lowest BCUT2D eigenvalue weighted by molar-refractivity contribution is -0.137. The van der Waals surface area contributed by atoms with Gasteiger partial charge in [0.15, 0.2) is 78.7 Å². The highest BCUT2D eigenvalue weighted by Gasteiger charge is 2.30. The molecule has 0 fully saturated rings. The van der Waals surface area contributed by atoms with Crippen LogP contribution in [0.15, 0.2) is 282 Å². The number of rotatable bonds is 17. The Morgan fingerprint density at radius 2 is 0.690 bits per heavy atom. The summed E-state index contributed by atoms with van der Waals surface area (Å²) in [6, 6.07) is 63.0. The minimum Gasteiger partial charge on any atom is -0.454 e. The van der Waals surface area contributed by atoms with Crippen molar-refractivity contribution in [3.63, 3.8) is 0 Å². The van der Waals surface area contributed by atoms with Crippen molar-refractivity contribution in [2.45, 2.75) is 20.0 Å². The number of halogens is 5. The maximum atomic E-state index is 12.3. The van der Waals surface area contributed by atoms with Gasteiger partial charge in [-0.1, -0.05) is 196 Å². The Hall–Kier alpha value is -18.5. The molecule has 9 aromatic carbocycles. The molecule has 2 aliphatic rings. The number of hydrogen-bond acceptors (Lipinski definition) is 22. The zero-order valence-electron chi connectivity index (χ0n) is 67.7. The van der Waals surface area contributed by atoms with Crippen LogP contribution >= 0.6 is 31.9 Å². The first-order valence-corrected chi connectivity index (χ1v) is 38.1. The average Bonchev–Trinajstić information content (AvgIpc) is 1.65. The van der Waals surface area contributed by atoms with E-state index in [-0.39, 0.29) is 25.1 Å². The van der Waals surface area contributed by atoms with Crippen molar-refractivity contribution in [2.24, 2.45) is 0 Å². The summed E-state index contributed by atoms with van der Waals surface area (Å²) in [6.45, 7) is 3.94. The van der Waals surface area contributed by atoms with Crippen LogP contribution in [0.3, 0.4) is 0 Å². The molecular formula is C93H71Br2F3N18O13. The van der Waals surface area contributed by atoms with Gasteiger partial charge in [0.2, 0.25) is 13.6 Å². The molecule has 0 bridgehead atoms. The van der Waals surface area contributed by atoms with E-state index in [4.69, 9.17) is 66.3 Å². The maximum Gasteiger partial charge on any atom is 0.416 e. The average molecular weight is 1870 g/mol. The summed E-state index contributed by atoms with van der Waals surface area (Å²) in [4.78, 5) is 97.7. The van der Waals surface area contributed by atoms with Gasteiger partial charge >= 0.3 is 6.18 Å². The first-order chi connectivity index (χ1) is 62.1. The molecule has 31 nitrogen and oxygen atoms in total. The fourth-order valence-electron chi connectivity index (χ4n) is 9.17. The van der Waals surface area contributed by atoms with E-state index in [1.165, 1.54) is 79.2 Å². The molecule has 0 saturated carbocycles. The molecule has 9 amide bonds. The Bertz CT molecular complexity index is 6080. The minimum atomic E-state index is -4.42. The molecule has 0 aliphatic carbocycles. The number of fused-ring (bicyclic) bond motifs is 3. The Morgan fingerprint density at radius 3 is 1.18 bits per heavy atom. The molecule has 9 aromatic rings. The SMILES string of the molecule is C/C(=C/C(=O)NC#N)c1ccccc1.C/C=C\C(=O)NC#N.N#CNC(=O)/C=C\c1ccc(Br)cc1.N#CNC(=O)/C=C\c1ccc2c(c1)OCO2.N#CNC(=O)/C=C\c1ccc2ccccc2c1.N#CNC(=O)/C=C\c1cccc(C(F)(F)F)c1.N#CNC(=O)/C=C\c1cccc2c1OCO2.N#CNC(=O)/C=C\c1ccccc1.N#CNC(=O)/C=C\c1ccccc1Br. The molecule has 0 aromatic heterocycles. The number of alkyl halides is 3. The van der Waals surface area contributed by atoms with Gasteiger partial charge in [-0.15, -0.1) is 0 Å². The Kier molecular flexibility index (Phi) is 50.1.